The van der Waals surface area contributed by atoms with Crippen LogP contribution in [0, 0.1) is 6.92 Å². The van der Waals surface area contributed by atoms with E-state index < -0.39 is 0 Å². The van der Waals surface area contributed by atoms with Crippen LogP contribution in [0.15, 0.2) is 48.5 Å². The van der Waals surface area contributed by atoms with Crippen molar-refractivity contribution < 1.29 is 4.79 Å². The Kier molecular flexibility index (Phi) is 6.19. The van der Waals surface area contributed by atoms with Crippen molar-refractivity contribution in [2.75, 3.05) is 4.90 Å². The number of fused-ring (bicyclic) bond motifs is 3. The number of aryl methyl sites for hydroxylation is 2. The van der Waals surface area contributed by atoms with Gasteiger partial charge in [-0.05, 0) is 79.6 Å². The quantitative estimate of drug-likeness (QED) is 0.257. The fraction of sp³-hybridized carbons (Fsp3) is 0.414. The van der Waals surface area contributed by atoms with Gasteiger partial charge in [0.15, 0.2) is 6.29 Å². The van der Waals surface area contributed by atoms with Crippen molar-refractivity contribution in [3.05, 3.63) is 70.1 Å². The summed E-state index contributed by atoms with van der Waals surface area (Å²) in [7, 11) is 0. The van der Waals surface area contributed by atoms with Crippen molar-refractivity contribution in [3.8, 4) is 10.4 Å². The number of carbonyl (C=O) groups excluding carboxylic acids is 1. The fourth-order valence-corrected chi connectivity index (χ4v) is 6.74. The topological polar surface area (TPSA) is 20.3 Å². The molecule has 2 heterocycles. The van der Waals surface area contributed by atoms with Gasteiger partial charge in [0.1, 0.15) is 0 Å². The van der Waals surface area contributed by atoms with E-state index in [4.69, 9.17) is 0 Å². The summed E-state index contributed by atoms with van der Waals surface area (Å²) in [6.45, 7) is 4.40. The number of hydrogen-bond acceptors (Lipinski definition) is 3. The van der Waals surface area contributed by atoms with E-state index in [9.17, 15) is 4.79 Å². The number of hydrogen-bond donors (Lipinski definition) is 0. The van der Waals surface area contributed by atoms with Gasteiger partial charge in [0, 0.05) is 28.2 Å². The first-order valence-corrected chi connectivity index (χ1v) is 13.1. The van der Waals surface area contributed by atoms with Crippen LogP contribution < -0.4 is 4.90 Å². The summed E-state index contributed by atoms with van der Waals surface area (Å²) in [5, 5.41) is 0. The van der Waals surface area contributed by atoms with Crippen molar-refractivity contribution in [3.63, 3.8) is 0 Å². The minimum atomic E-state index is 0.574. The molecule has 0 N–H and O–H groups in total. The maximum Gasteiger partial charge on any atom is 0.160 e. The predicted molar refractivity (Wildman–Crippen MR) is 137 cm³/mol. The summed E-state index contributed by atoms with van der Waals surface area (Å²) < 4.78 is 0. The smallest absolute Gasteiger partial charge is 0.160 e. The lowest BCUT2D eigenvalue weighted by molar-refractivity contribution is 0.112. The molecule has 1 aromatic heterocycles. The number of thiophene rings is 1. The molecule has 2 aromatic carbocycles. The Hall–Kier alpha value is -2.39. The van der Waals surface area contributed by atoms with Crippen LogP contribution in [0.2, 0.25) is 0 Å². The molecule has 2 unspecified atom stereocenters. The van der Waals surface area contributed by atoms with E-state index in [2.05, 4.69) is 67.3 Å². The Morgan fingerprint density at radius 3 is 2.66 bits per heavy atom. The lowest BCUT2D eigenvalue weighted by Gasteiger charge is -2.27. The molecule has 0 spiro atoms. The summed E-state index contributed by atoms with van der Waals surface area (Å²) in [6.07, 6.45) is 10.9. The molecule has 1 fully saturated rings. The van der Waals surface area contributed by atoms with E-state index >= 15 is 0 Å². The molecule has 2 atom stereocenters. The predicted octanol–water partition coefficient (Wildman–Crippen LogP) is 8.45. The van der Waals surface area contributed by atoms with Gasteiger partial charge < -0.3 is 4.90 Å². The summed E-state index contributed by atoms with van der Waals surface area (Å²) in [4.78, 5) is 16.3. The molecular weight excluding hydrogens is 410 g/mol. The third kappa shape index (κ3) is 3.92. The lowest BCUT2D eigenvalue weighted by Crippen LogP contribution is -2.26. The molecule has 1 aliphatic carbocycles. The standard InChI is InChI=1S/C29H33NOS/c1-3-4-5-6-8-21-17-24(19-31)32-29(21)22-13-16-28-26(18-22)25-9-7-10-27(25)30(28)23-14-11-20(2)12-15-23/h11-19,25,27H,3-10H2,1-2H3. The summed E-state index contributed by atoms with van der Waals surface area (Å²) >= 11 is 1.66. The SMILES string of the molecule is CCCCCCc1cc(C=O)sc1-c1ccc2c(c1)C1CCCC1N2c1ccc(C)cc1. The van der Waals surface area contributed by atoms with Gasteiger partial charge in [0.2, 0.25) is 0 Å². The van der Waals surface area contributed by atoms with Crippen molar-refractivity contribution in [1.29, 1.82) is 0 Å². The third-order valence-electron chi connectivity index (χ3n) is 7.32. The molecule has 3 aromatic rings. The Morgan fingerprint density at radius 1 is 1.03 bits per heavy atom. The van der Waals surface area contributed by atoms with E-state index in [0.717, 1.165) is 17.6 Å². The average Bonchev–Trinajstić information content (AvgIpc) is 3.51. The lowest BCUT2D eigenvalue weighted by atomic mass is 9.94. The van der Waals surface area contributed by atoms with E-state index in [0.29, 0.717) is 12.0 Å². The number of carbonyl (C=O) groups is 1. The Morgan fingerprint density at radius 2 is 1.88 bits per heavy atom. The maximum atomic E-state index is 11.5. The normalized spacial score (nSPS) is 19.2. The van der Waals surface area contributed by atoms with Crippen molar-refractivity contribution >= 4 is 29.0 Å². The number of rotatable bonds is 8. The van der Waals surface area contributed by atoms with Gasteiger partial charge in [-0.3, -0.25) is 4.79 Å². The van der Waals surface area contributed by atoms with Crippen molar-refractivity contribution in [2.45, 2.75) is 77.2 Å². The number of nitrogens with zero attached hydrogens (tertiary/aromatic N) is 1. The second-order valence-corrected chi connectivity index (χ2v) is 10.6. The van der Waals surface area contributed by atoms with Crippen molar-refractivity contribution in [1.82, 2.24) is 0 Å². The fourth-order valence-electron chi connectivity index (χ4n) is 5.72. The highest BCUT2D eigenvalue weighted by molar-refractivity contribution is 7.17. The third-order valence-corrected chi connectivity index (χ3v) is 8.47. The van der Waals surface area contributed by atoms with E-state index in [1.54, 1.807) is 11.3 Å². The minimum Gasteiger partial charge on any atom is -0.338 e. The number of aldehydes is 1. The number of unbranched alkanes of at least 4 members (excludes halogenated alkanes) is 3. The van der Waals surface area contributed by atoms with Crippen LogP contribution in [0.5, 0.6) is 0 Å². The van der Waals surface area contributed by atoms with Gasteiger partial charge in [-0.1, -0.05) is 56.4 Å². The second kappa shape index (κ2) is 9.23. The molecule has 1 aliphatic heterocycles. The molecule has 1 saturated carbocycles. The van der Waals surface area contributed by atoms with Gasteiger partial charge in [0.05, 0.1) is 4.88 Å². The number of anilines is 2. The zero-order chi connectivity index (χ0) is 22.1. The zero-order valence-corrected chi connectivity index (χ0v) is 20.1. The van der Waals surface area contributed by atoms with Gasteiger partial charge >= 0.3 is 0 Å². The molecule has 0 bridgehead atoms. The number of benzene rings is 2. The highest BCUT2D eigenvalue weighted by atomic mass is 32.1. The highest BCUT2D eigenvalue weighted by Crippen LogP contribution is 2.53. The molecular formula is C29H33NOS. The zero-order valence-electron chi connectivity index (χ0n) is 19.3. The minimum absolute atomic E-state index is 0.574. The highest BCUT2D eigenvalue weighted by Gasteiger charge is 2.42. The molecule has 32 heavy (non-hydrogen) atoms. The Balaban J connectivity index is 1.50. The largest absolute Gasteiger partial charge is 0.338 e. The molecule has 0 radical (unpaired) electrons. The summed E-state index contributed by atoms with van der Waals surface area (Å²) in [5.74, 6) is 0.616. The van der Waals surface area contributed by atoms with Crippen LogP contribution in [0.4, 0.5) is 11.4 Å². The molecule has 0 amide bonds. The van der Waals surface area contributed by atoms with E-state index in [1.807, 2.05) is 0 Å². The first-order chi connectivity index (χ1) is 15.7. The van der Waals surface area contributed by atoms with Crippen LogP contribution in [0.25, 0.3) is 10.4 Å². The Labute approximate surface area is 196 Å². The van der Waals surface area contributed by atoms with Gasteiger partial charge in [-0.25, -0.2) is 0 Å². The monoisotopic (exact) mass is 443 g/mol. The Bertz CT molecular complexity index is 1100. The van der Waals surface area contributed by atoms with E-state index in [-0.39, 0.29) is 0 Å². The molecule has 2 aliphatic rings. The molecule has 166 valence electrons. The first-order valence-electron chi connectivity index (χ1n) is 12.3. The molecule has 2 nitrogen and oxygen atoms in total. The second-order valence-electron chi connectivity index (χ2n) is 9.52. The molecule has 0 saturated heterocycles. The van der Waals surface area contributed by atoms with Crippen molar-refractivity contribution in [2.24, 2.45) is 0 Å². The summed E-state index contributed by atoms with van der Waals surface area (Å²) in [5.41, 5.74) is 8.15. The first kappa shape index (κ1) is 21.5. The average molecular weight is 444 g/mol. The van der Waals surface area contributed by atoms with Crippen LogP contribution in [-0.4, -0.2) is 12.3 Å². The van der Waals surface area contributed by atoms with Crippen LogP contribution in [0.1, 0.15) is 84.1 Å². The van der Waals surface area contributed by atoms with Gasteiger partial charge in [-0.2, -0.15) is 0 Å². The molecule has 3 heteroatoms. The van der Waals surface area contributed by atoms with Gasteiger partial charge in [-0.15, -0.1) is 11.3 Å². The van der Waals surface area contributed by atoms with Crippen LogP contribution >= 0.6 is 11.3 Å². The molecule has 5 rings (SSSR count). The van der Waals surface area contributed by atoms with Crippen LogP contribution in [0.3, 0.4) is 0 Å². The van der Waals surface area contributed by atoms with Gasteiger partial charge in [0.25, 0.3) is 0 Å². The summed E-state index contributed by atoms with van der Waals surface area (Å²) in [6, 6.07) is 18.8. The van der Waals surface area contributed by atoms with E-state index in [1.165, 1.54) is 83.5 Å². The maximum absolute atomic E-state index is 11.5. The van der Waals surface area contributed by atoms with Crippen LogP contribution in [-0.2, 0) is 6.42 Å².